The Bertz CT molecular complexity index is 930. The van der Waals surface area contributed by atoms with Gasteiger partial charge in [0.2, 0.25) is 5.75 Å². The van der Waals surface area contributed by atoms with Crippen molar-refractivity contribution in [1.29, 1.82) is 0 Å². The number of aromatic carboxylic acids is 1. The molecule has 0 heterocycles. The number of carboxylic acids is 2. The van der Waals surface area contributed by atoms with E-state index >= 15 is 0 Å². The molecule has 0 saturated carbocycles. The fourth-order valence-corrected chi connectivity index (χ4v) is 2.79. The van der Waals surface area contributed by atoms with Crippen LogP contribution in [0.1, 0.15) is 15.9 Å². The van der Waals surface area contributed by atoms with Gasteiger partial charge in [0, 0.05) is 11.6 Å². The molecule has 0 spiro atoms. The summed E-state index contributed by atoms with van der Waals surface area (Å²) in [5, 5.41) is 18.7. The zero-order chi connectivity index (χ0) is 20.8. The van der Waals surface area contributed by atoms with Gasteiger partial charge in [-0.2, -0.15) is 0 Å². The van der Waals surface area contributed by atoms with Gasteiger partial charge < -0.3 is 29.2 Å². The number of rotatable bonds is 8. The standard InChI is InChI=1S/C20H20O8/c1-25-12-6-7-13(11(9-12)5-8-16(21)22)17-14(20(23)24)10-15(26-2)18(27-3)19(17)28-4/h5-10H,1-4H3,(H,21,22)(H,23,24). The monoisotopic (exact) mass is 388 g/mol. The summed E-state index contributed by atoms with van der Waals surface area (Å²) in [5.74, 6) is -1.32. The number of carboxylic acid groups (broad SMARTS) is 2. The summed E-state index contributed by atoms with van der Waals surface area (Å²) in [5.41, 5.74) is 0.980. The van der Waals surface area contributed by atoms with Crippen molar-refractivity contribution in [3.63, 3.8) is 0 Å². The fourth-order valence-electron chi connectivity index (χ4n) is 2.79. The number of hydrogen-bond acceptors (Lipinski definition) is 6. The second kappa shape index (κ2) is 8.81. The largest absolute Gasteiger partial charge is 0.497 e. The average molecular weight is 388 g/mol. The van der Waals surface area contributed by atoms with Crippen molar-refractivity contribution in [3.8, 4) is 34.1 Å². The topological polar surface area (TPSA) is 112 Å². The summed E-state index contributed by atoms with van der Waals surface area (Å²) in [6, 6.07) is 6.18. The quantitative estimate of drug-likeness (QED) is 0.663. The van der Waals surface area contributed by atoms with E-state index in [-0.39, 0.29) is 28.4 Å². The van der Waals surface area contributed by atoms with E-state index in [9.17, 15) is 14.7 Å². The molecule has 0 atom stereocenters. The maximum Gasteiger partial charge on any atom is 0.336 e. The molecule has 148 valence electrons. The summed E-state index contributed by atoms with van der Waals surface area (Å²) in [4.78, 5) is 22.9. The maximum atomic E-state index is 11.9. The van der Waals surface area contributed by atoms with Gasteiger partial charge in [-0.1, -0.05) is 0 Å². The Kier molecular flexibility index (Phi) is 6.49. The third kappa shape index (κ3) is 4.01. The first kappa shape index (κ1) is 20.6. The molecule has 2 N–H and O–H groups in total. The molecule has 0 bridgehead atoms. The van der Waals surface area contributed by atoms with Crippen LogP contribution in [-0.2, 0) is 4.79 Å². The maximum absolute atomic E-state index is 11.9. The van der Waals surface area contributed by atoms with Crippen LogP contribution < -0.4 is 18.9 Å². The number of hydrogen-bond donors (Lipinski definition) is 2. The first-order chi connectivity index (χ1) is 13.4. The molecule has 0 aliphatic carbocycles. The Labute approximate surface area is 161 Å². The van der Waals surface area contributed by atoms with Crippen molar-refractivity contribution in [3.05, 3.63) is 41.5 Å². The second-order valence-corrected chi connectivity index (χ2v) is 5.50. The lowest BCUT2D eigenvalue weighted by Gasteiger charge is -2.19. The molecule has 0 aliphatic rings. The Morgan fingerprint density at radius 3 is 2.07 bits per heavy atom. The van der Waals surface area contributed by atoms with E-state index in [1.54, 1.807) is 18.2 Å². The summed E-state index contributed by atoms with van der Waals surface area (Å²) >= 11 is 0. The summed E-state index contributed by atoms with van der Waals surface area (Å²) < 4.78 is 21.2. The lowest BCUT2D eigenvalue weighted by atomic mass is 9.93. The first-order valence-corrected chi connectivity index (χ1v) is 8.03. The molecule has 0 aliphatic heterocycles. The zero-order valence-corrected chi connectivity index (χ0v) is 15.8. The van der Waals surface area contributed by atoms with Crippen molar-refractivity contribution >= 4 is 18.0 Å². The molecule has 0 amide bonds. The number of ether oxygens (including phenoxy) is 4. The van der Waals surface area contributed by atoms with Gasteiger partial charge in [0.25, 0.3) is 0 Å². The van der Waals surface area contributed by atoms with Crippen molar-refractivity contribution in [2.45, 2.75) is 0 Å². The predicted molar refractivity (Wildman–Crippen MR) is 102 cm³/mol. The number of carbonyl (C=O) groups is 2. The molecule has 0 fully saturated rings. The van der Waals surface area contributed by atoms with Gasteiger partial charge in [0.1, 0.15) is 5.75 Å². The molecule has 8 heteroatoms. The van der Waals surface area contributed by atoms with Crippen molar-refractivity contribution in [1.82, 2.24) is 0 Å². The van der Waals surface area contributed by atoms with Gasteiger partial charge >= 0.3 is 11.9 Å². The molecule has 2 rings (SSSR count). The third-order valence-electron chi connectivity index (χ3n) is 3.99. The molecular formula is C20H20O8. The SMILES string of the molecule is COc1ccc(-c2c(C(=O)O)cc(OC)c(OC)c2OC)c(C=CC(=O)O)c1. The van der Waals surface area contributed by atoms with E-state index in [0.717, 1.165) is 6.08 Å². The normalized spacial score (nSPS) is 10.6. The molecule has 0 radical (unpaired) electrons. The smallest absolute Gasteiger partial charge is 0.336 e. The summed E-state index contributed by atoms with van der Waals surface area (Å²) in [7, 11) is 5.64. The minimum atomic E-state index is -1.21. The molecule has 8 nitrogen and oxygen atoms in total. The van der Waals surface area contributed by atoms with Gasteiger partial charge in [0.15, 0.2) is 11.5 Å². The molecule has 0 unspecified atom stereocenters. The van der Waals surface area contributed by atoms with Crippen LogP contribution in [0, 0.1) is 0 Å². The van der Waals surface area contributed by atoms with Gasteiger partial charge in [-0.3, -0.25) is 0 Å². The van der Waals surface area contributed by atoms with E-state index < -0.39 is 11.9 Å². The van der Waals surface area contributed by atoms with E-state index in [1.165, 1.54) is 40.6 Å². The van der Waals surface area contributed by atoms with Crippen molar-refractivity contribution in [2.24, 2.45) is 0 Å². The highest BCUT2D eigenvalue weighted by atomic mass is 16.5. The molecule has 0 aromatic heterocycles. The zero-order valence-electron chi connectivity index (χ0n) is 15.8. The van der Waals surface area contributed by atoms with Crippen LogP contribution in [-0.4, -0.2) is 50.6 Å². The Hall–Kier alpha value is -3.68. The van der Waals surface area contributed by atoms with Crippen molar-refractivity contribution in [2.75, 3.05) is 28.4 Å². The fraction of sp³-hybridized carbons (Fsp3) is 0.200. The molecule has 0 saturated heterocycles. The van der Waals surface area contributed by atoms with Crippen LogP contribution in [0.3, 0.4) is 0 Å². The number of aliphatic carboxylic acids is 1. The van der Waals surface area contributed by atoms with E-state index in [2.05, 4.69) is 0 Å². The molecule has 2 aromatic carbocycles. The van der Waals surface area contributed by atoms with Gasteiger partial charge in [-0.15, -0.1) is 0 Å². The van der Waals surface area contributed by atoms with Crippen LogP contribution in [0.25, 0.3) is 17.2 Å². The van der Waals surface area contributed by atoms with Gasteiger partial charge in [0.05, 0.1) is 34.0 Å². The highest BCUT2D eigenvalue weighted by molar-refractivity contribution is 6.02. The number of methoxy groups -OCH3 is 4. The first-order valence-electron chi connectivity index (χ1n) is 8.03. The predicted octanol–water partition coefficient (Wildman–Crippen LogP) is 3.18. The van der Waals surface area contributed by atoms with Crippen LogP contribution >= 0.6 is 0 Å². The lowest BCUT2D eigenvalue weighted by molar-refractivity contribution is -0.131. The summed E-state index contributed by atoms with van der Waals surface area (Å²) in [6.45, 7) is 0. The minimum Gasteiger partial charge on any atom is -0.497 e. The Morgan fingerprint density at radius 1 is 0.893 bits per heavy atom. The van der Waals surface area contributed by atoms with Gasteiger partial charge in [-0.25, -0.2) is 9.59 Å². The van der Waals surface area contributed by atoms with Crippen LogP contribution in [0.5, 0.6) is 23.0 Å². The lowest BCUT2D eigenvalue weighted by Crippen LogP contribution is -2.06. The van der Waals surface area contributed by atoms with E-state index in [4.69, 9.17) is 24.1 Å². The second-order valence-electron chi connectivity index (χ2n) is 5.50. The van der Waals surface area contributed by atoms with Gasteiger partial charge in [-0.05, 0) is 41.5 Å². The molecule has 28 heavy (non-hydrogen) atoms. The van der Waals surface area contributed by atoms with Crippen LogP contribution in [0.2, 0.25) is 0 Å². The third-order valence-corrected chi connectivity index (χ3v) is 3.99. The highest BCUT2D eigenvalue weighted by Crippen LogP contribution is 2.48. The minimum absolute atomic E-state index is 0.0929. The van der Waals surface area contributed by atoms with E-state index in [0.29, 0.717) is 16.9 Å². The van der Waals surface area contributed by atoms with E-state index in [1.807, 2.05) is 0 Å². The Balaban J connectivity index is 2.93. The molecular weight excluding hydrogens is 368 g/mol. The van der Waals surface area contributed by atoms with Crippen molar-refractivity contribution < 1.29 is 38.7 Å². The Morgan fingerprint density at radius 2 is 1.57 bits per heavy atom. The highest BCUT2D eigenvalue weighted by Gasteiger charge is 2.26. The van der Waals surface area contributed by atoms with Crippen LogP contribution in [0.4, 0.5) is 0 Å². The average Bonchev–Trinajstić information content (AvgIpc) is 2.69. The molecule has 2 aromatic rings. The van der Waals surface area contributed by atoms with Crippen LogP contribution in [0.15, 0.2) is 30.3 Å². The summed E-state index contributed by atoms with van der Waals surface area (Å²) in [6.07, 6.45) is 2.30. The number of benzene rings is 2.